The predicted octanol–water partition coefficient (Wildman–Crippen LogP) is 3.84. The highest BCUT2D eigenvalue weighted by molar-refractivity contribution is 5.96. The number of amides is 1. The number of fused-ring (bicyclic) bond motifs is 1. The summed E-state index contributed by atoms with van der Waals surface area (Å²) in [5.41, 5.74) is 2.00. The van der Waals surface area contributed by atoms with Crippen LogP contribution < -0.4 is 10.1 Å². The van der Waals surface area contributed by atoms with E-state index in [4.69, 9.17) is 9.15 Å². The molecule has 0 saturated carbocycles. The van der Waals surface area contributed by atoms with Crippen molar-refractivity contribution in [2.75, 3.05) is 20.2 Å². The number of likely N-dealkylation sites (tertiary alicyclic amines) is 1. The van der Waals surface area contributed by atoms with Gasteiger partial charge in [-0.15, -0.1) is 0 Å². The molecule has 3 aromatic rings. The number of nitrogens with one attached hydrogen (secondary N) is 1. The molecule has 1 aliphatic rings. The molecule has 27 heavy (non-hydrogen) atoms. The highest BCUT2D eigenvalue weighted by Crippen LogP contribution is 2.20. The zero-order valence-electron chi connectivity index (χ0n) is 15.5. The molecule has 1 fully saturated rings. The van der Waals surface area contributed by atoms with Gasteiger partial charge in [-0.25, -0.2) is 0 Å². The van der Waals surface area contributed by atoms with Crippen molar-refractivity contribution in [2.45, 2.75) is 25.4 Å². The van der Waals surface area contributed by atoms with Crippen molar-refractivity contribution in [3.8, 4) is 5.75 Å². The number of methoxy groups -OCH3 is 1. The predicted molar refractivity (Wildman–Crippen MR) is 105 cm³/mol. The van der Waals surface area contributed by atoms with Gasteiger partial charge in [-0.05, 0) is 42.7 Å². The number of furan rings is 1. The zero-order chi connectivity index (χ0) is 18.6. The number of rotatable bonds is 5. The maximum Gasteiger partial charge on any atom is 0.287 e. The van der Waals surface area contributed by atoms with Crippen molar-refractivity contribution in [2.24, 2.45) is 0 Å². The van der Waals surface area contributed by atoms with Crippen LogP contribution >= 0.6 is 0 Å². The van der Waals surface area contributed by atoms with Crippen LogP contribution in [0.2, 0.25) is 0 Å². The summed E-state index contributed by atoms with van der Waals surface area (Å²) in [5.74, 6) is 1.15. The minimum absolute atomic E-state index is 0.127. The number of ether oxygens (including phenoxy) is 1. The first-order valence-electron chi connectivity index (χ1n) is 9.36. The Morgan fingerprint density at radius 2 is 1.96 bits per heavy atom. The van der Waals surface area contributed by atoms with Gasteiger partial charge < -0.3 is 14.5 Å². The third kappa shape index (κ3) is 4.14. The number of carbonyl (C=O) groups is 1. The van der Waals surface area contributed by atoms with E-state index < -0.39 is 0 Å². The normalized spacial score (nSPS) is 15.7. The van der Waals surface area contributed by atoms with Gasteiger partial charge in [-0.2, -0.15) is 0 Å². The minimum atomic E-state index is -0.127. The van der Waals surface area contributed by atoms with Crippen molar-refractivity contribution < 1.29 is 13.9 Å². The Balaban J connectivity index is 1.30. The summed E-state index contributed by atoms with van der Waals surface area (Å²) in [7, 11) is 1.69. The molecule has 0 aliphatic carbocycles. The first-order valence-corrected chi connectivity index (χ1v) is 9.36. The molecule has 1 saturated heterocycles. The van der Waals surface area contributed by atoms with Gasteiger partial charge >= 0.3 is 0 Å². The lowest BCUT2D eigenvalue weighted by Crippen LogP contribution is -2.44. The van der Waals surface area contributed by atoms with E-state index in [1.807, 2.05) is 42.5 Å². The van der Waals surface area contributed by atoms with Crippen LogP contribution in [-0.2, 0) is 6.54 Å². The van der Waals surface area contributed by atoms with Gasteiger partial charge in [-0.3, -0.25) is 9.69 Å². The van der Waals surface area contributed by atoms with Crippen molar-refractivity contribution in [1.29, 1.82) is 0 Å². The second kappa shape index (κ2) is 7.84. The van der Waals surface area contributed by atoms with Crippen LogP contribution in [0.15, 0.2) is 59.0 Å². The number of benzene rings is 2. The quantitative estimate of drug-likeness (QED) is 0.747. The molecule has 5 nitrogen and oxygen atoms in total. The molecule has 2 heterocycles. The van der Waals surface area contributed by atoms with E-state index in [-0.39, 0.29) is 11.9 Å². The Morgan fingerprint density at radius 1 is 1.15 bits per heavy atom. The van der Waals surface area contributed by atoms with Gasteiger partial charge in [0.05, 0.1) is 7.11 Å². The molecule has 1 aliphatic heterocycles. The molecular formula is C22H24N2O3. The first kappa shape index (κ1) is 17.6. The standard InChI is InChI=1S/C22H24N2O3/c1-26-19-7-4-5-16(13-19)15-24-11-9-18(10-12-24)23-22(25)21-14-17-6-2-3-8-20(17)27-21/h2-8,13-14,18H,9-12,15H2,1H3,(H,23,25). The van der Waals surface area contributed by atoms with E-state index in [1.165, 1.54) is 5.56 Å². The van der Waals surface area contributed by atoms with Crippen LogP contribution in [0.4, 0.5) is 0 Å². The lowest BCUT2D eigenvalue weighted by Gasteiger charge is -2.32. The van der Waals surface area contributed by atoms with E-state index in [9.17, 15) is 4.79 Å². The molecule has 140 valence electrons. The summed E-state index contributed by atoms with van der Waals surface area (Å²) in [5, 5.41) is 4.07. The van der Waals surface area contributed by atoms with Crippen LogP contribution in [0.3, 0.4) is 0 Å². The number of nitrogens with zero attached hydrogens (tertiary/aromatic N) is 1. The highest BCUT2D eigenvalue weighted by Gasteiger charge is 2.22. The Morgan fingerprint density at radius 3 is 2.74 bits per heavy atom. The third-order valence-corrected chi connectivity index (χ3v) is 5.11. The molecule has 0 bridgehead atoms. The van der Waals surface area contributed by atoms with Crippen LogP contribution in [0.5, 0.6) is 5.75 Å². The van der Waals surface area contributed by atoms with E-state index in [1.54, 1.807) is 7.11 Å². The molecule has 5 heteroatoms. The molecule has 0 atom stereocenters. The fraction of sp³-hybridized carbons (Fsp3) is 0.318. The topological polar surface area (TPSA) is 54.7 Å². The summed E-state index contributed by atoms with van der Waals surface area (Å²) in [6.07, 6.45) is 1.88. The van der Waals surface area contributed by atoms with Gasteiger partial charge in [0.15, 0.2) is 5.76 Å². The van der Waals surface area contributed by atoms with Crippen molar-refractivity contribution in [1.82, 2.24) is 10.2 Å². The molecule has 2 aromatic carbocycles. The van der Waals surface area contributed by atoms with Crippen LogP contribution in [-0.4, -0.2) is 37.0 Å². The number of hydrogen-bond donors (Lipinski definition) is 1. The molecule has 0 spiro atoms. The Labute approximate surface area is 158 Å². The Kier molecular flexibility index (Phi) is 5.12. The van der Waals surface area contributed by atoms with Crippen molar-refractivity contribution in [3.63, 3.8) is 0 Å². The van der Waals surface area contributed by atoms with Crippen molar-refractivity contribution in [3.05, 3.63) is 65.9 Å². The third-order valence-electron chi connectivity index (χ3n) is 5.11. The fourth-order valence-electron chi connectivity index (χ4n) is 3.61. The van der Waals surface area contributed by atoms with Crippen molar-refractivity contribution >= 4 is 16.9 Å². The number of para-hydroxylation sites is 1. The van der Waals surface area contributed by atoms with Gasteiger partial charge in [0.2, 0.25) is 0 Å². The average Bonchev–Trinajstić information content (AvgIpc) is 3.14. The van der Waals surface area contributed by atoms with E-state index in [0.717, 1.165) is 49.2 Å². The summed E-state index contributed by atoms with van der Waals surface area (Å²) >= 11 is 0. The van der Waals surface area contributed by atoms with Gasteiger partial charge in [0, 0.05) is 31.1 Å². The van der Waals surface area contributed by atoms with E-state index >= 15 is 0 Å². The molecular weight excluding hydrogens is 340 g/mol. The zero-order valence-corrected chi connectivity index (χ0v) is 15.5. The average molecular weight is 364 g/mol. The maximum absolute atomic E-state index is 12.5. The van der Waals surface area contributed by atoms with Gasteiger partial charge in [0.25, 0.3) is 5.91 Å². The summed E-state index contributed by atoms with van der Waals surface area (Å²) in [6.45, 7) is 2.83. The largest absolute Gasteiger partial charge is 0.497 e. The Bertz CT molecular complexity index is 893. The second-order valence-electron chi connectivity index (χ2n) is 7.02. The Hall–Kier alpha value is -2.79. The number of piperidine rings is 1. The van der Waals surface area contributed by atoms with Crippen LogP contribution in [0, 0.1) is 0 Å². The molecule has 1 N–H and O–H groups in total. The SMILES string of the molecule is COc1cccc(CN2CCC(NC(=O)c3cc4ccccc4o3)CC2)c1. The van der Waals surface area contributed by atoms with Crippen LogP contribution in [0.1, 0.15) is 29.0 Å². The second-order valence-corrected chi connectivity index (χ2v) is 7.02. The fourth-order valence-corrected chi connectivity index (χ4v) is 3.61. The molecule has 0 radical (unpaired) electrons. The highest BCUT2D eigenvalue weighted by atomic mass is 16.5. The lowest BCUT2D eigenvalue weighted by molar-refractivity contribution is 0.0883. The molecule has 1 aromatic heterocycles. The smallest absolute Gasteiger partial charge is 0.287 e. The lowest BCUT2D eigenvalue weighted by atomic mass is 10.0. The first-order chi connectivity index (χ1) is 13.2. The molecule has 1 amide bonds. The van der Waals surface area contributed by atoms with Gasteiger partial charge in [0.1, 0.15) is 11.3 Å². The monoisotopic (exact) mass is 364 g/mol. The van der Waals surface area contributed by atoms with Crippen LogP contribution in [0.25, 0.3) is 11.0 Å². The maximum atomic E-state index is 12.5. The van der Waals surface area contributed by atoms with E-state index in [2.05, 4.69) is 22.3 Å². The van der Waals surface area contributed by atoms with Gasteiger partial charge in [-0.1, -0.05) is 30.3 Å². The summed E-state index contributed by atoms with van der Waals surface area (Å²) < 4.78 is 11.0. The number of hydrogen-bond acceptors (Lipinski definition) is 4. The minimum Gasteiger partial charge on any atom is -0.497 e. The summed E-state index contributed by atoms with van der Waals surface area (Å²) in [4.78, 5) is 14.9. The number of carbonyl (C=O) groups excluding carboxylic acids is 1. The molecule has 4 rings (SSSR count). The molecule has 0 unspecified atom stereocenters. The summed E-state index contributed by atoms with van der Waals surface area (Å²) in [6, 6.07) is 17.9. The van der Waals surface area contributed by atoms with E-state index in [0.29, 0.717) is 5.76 Å².